The summed E-state index contributed by atoms with van der Waals surface area (Å²) in [5.41, 5.74) is 4.79. The van der Waals surface area contributed by atoms with Crippen LogP contribution < -0.4 is 10.7 Å². The van der Waals surface area contributed by atoms with Crippen LogP contribution in [0.5, 0.6) is 0 Å². The molecule has 0 bridgehead atoms. The third-order valence-corrected chi connectivity index (χ3v) is 6.66. The number of fused-ring (bicyclic) bond motifs is 1. The van der Waals surface area contributed by atoms with Gasteiger partial charge in [-0.05, 0) is 49.4 Å². The van der Waals surface area contributed by atoms with Crippen molar-refractivity contribution in [3.05, 3.63) is 88.0 Å². The summed E-state index contributed by atoms with van der Waals surface area (Å²) in [6, 6.07) is 15.3. The summed E-state index contributed by atoms with van der Waals surface area (Å²) >= 11 is 0. The van der Waals surface area contributed by atoms with E-state index in [9.17, 15) is 14.7 Å². The molecule has 2 heterocycles. The van der Waals surface area contributed by atoms with Crippen molar-refractivity contribution < 1.29 is 9.90 Å². The lowest BCUT2D eigenvalue weighted by molar-refractivity contribution is 0.0871. The van der Waals surface area contributed by atoms with Gasteiger partial charge < -0.3 is 15.0 Å². The van der Waals surface area contributed by atoms with Crippen LogP contribution in [0.1, 0.15) is 40.9 Å². The van der Waals surface area contributed by atoms with E-state index in [1.54, 1.807) is 12.3 Å². The van der Waals surface area contributed by atoms with Crippen LogP contribution in [0.4, 0.5) is 0 Å². The maximum Gasteiger partial charge on any atom is 0.257 e. The van der Waals surface area contributed by atoms with Crippen LogP contribution in [0.25, 0.3) is 22.0 Å². The average Bonchev–Trinajstić information content (AvgIpc) is 3.39. The summed E-state index contributed by atoms with van der Waals surface area (Å²) in [6.07, 6.45) is 5.34. The summed E-state index contributed by atoms with van der Waals surface area (Å²) < 4.78 is 3.75. The van der Waals surface area contributed by atoms with E-state index in [-0.39, 0.29) is 17.0 Å². The number of benzene rings is 2. The molecule has 1 saturated carbocycles. The van der Waals surface area contributed by atoms with Gasteiger partial charge in [0, 0.05) is 36.9 Å². The summed E-state index contributed by atoms with van der Waals surface area (Å²) in [5, 5.41) is 17.9. The fraction of sp³-hybridized carbons (Fsp3) is 0.296. The Labute approximate surface area is 197 Å². The largest absolute Gasteiger partial charge is 0.391 e. The van der Waals surface area contributed by atoms with Crippen LogP contribution in [0.3, 0.4) is 0 Å². The zero-order valence-electron chi connectivity index (χ0n) is 19.4. The molecule has 0 aliphatic heterocycles. The Balaban J connectivity index is 1.48. The summed E-state index contributed by atoms with van der Waals surface area (Å²) in [4.78, 5) is 26.1. The van der Waals surface area contributed by atoms with Gasteiger partial charge in [0.25, 0.3) is 5.91 Å². The number of carbonyl (C=O) groups is 1. The number of rotatable bonds is 5. The zero-order chi connectivity index (χ0) is 23.8. The predicted octanol–water partition coefficient (Wildman–Crippen LogP) is 3.40. The number of para-hydroxylation sites is 1. The molecule has 174 valence electrons. The molecule has 0 radical (unpaired) electrons. The van der Waals surface area contributed by atoms with Gasteiger partial charge in [0.2, 0.25) is 5.43 Å². The van der Waals surface area contributed by atoms with E-state index in [0.29, 0.717) is 18.4 Å². The van der Waals surface area contributed by atoms with Gasteiger partial charge in [-0.1, -0.05) is 36.4 Å². The second-order valence-corrected chi connectivity index (χ2v) is 9.09. The van der Waals surface area contributed by atoms with Crippen LogP contribution in [-0.4, -0.2) is 37.5 Å². The number of nitrogens with one attached hydrogen (secondary N) is 1. The quantitative estimate of drug-likeness (QED) is 0.482. The number of hydrogen-bond acceptors (Lipinski definition) is 4. The fourth-order valence-electron chi connectivity index (χ4n) is 4.86. The van der Waals surface area contributed by atoms with Crippen LogP contribution in [0, 0.1) is 6.92 Å². The van der Waals surface area contributed by atoms with Crippen LogP contribution in [-0.2, 0) is 13.6 Å². The lowest BCUT2D eigenvalue weighted by atomic mass is 10.0. The molecule has 2 N–H and O–H groups in total. The second kappa shape index (κ2) is 8.91. The lowest BCUT2D eigenvalue weighted by Crippen LogP contribution is -2.41. The molecule has 5 rings (SSSR count). The lowest BCUT2D eigenvalue weighted by Gasteiger charge is -2.18. The molecular formula is C27H28N4O3. The number of aliphatic hydroxyl groups is 1. The Hall–Kier alpha value is -3.71. The van der Waals surface area contributed by atoms with Crippen molar-refractivity contribution in [2.24, 2.45) is 7.05 Å². The standard InChI is InChI=1S/C27H28N4O3/c1-17-21(15-30(2)29-17)19-12-10-18(11-13-19)14-31-16-22(26(33)20-6-3-4-8-24(20)31)27(34)28-23-7-5-9-25(23)32/h3-4,6,8,10-13,15-16,23,25,32H,5,7,9,14H2,1-2H3,(H,28,34). The molecule has 7 nitrogen and oxygen atoms in total. The molecule has 1 aliphatic carbocycles. The maximum atomic E-state index is 13.1. The predicted molar refractivity (Wildman–Crippen MR) is 132 cm³/mol. The second-order valence-electron chi connectivity index (χ2n) is 9.09. The van der Waals surface area contributed by atoms with Gasteiger partial charge in [0.05, 0.1) is 23.4 Å². The number of pyridine rings is 1. The number of amides is 1. The third kappa shape index (κ3) is 4.15. The Morgan fingerprint density at radius 1 is 1.12 bits per heavy atom. The van der Waals surface area contributed by atoms with Crippen LogP contribution >= 0.6 is 0 Å². The fourth-order valence-corrected chi connectivity index (χ4v) is 4.86. The van der Waals surface area contributed by atoms with Crippen LogP contribution in [0.15, 0.2) is 65.7 Å². The molecule has 2 aromatic heterocycles. The number of nitrogens with zero attached hydrogens (tertiary/aromatic N) is 3. The highest BCUT2D eigenvalue weighted by Crippen LogP contribution is 2.24. The van der Waals surface area contributed by atoms with Crippen LogP contribution in [0.2, 0.25) is 0 Å². The molecule has 4 aromatic rings. The average molecular weight is 457 g/mol. The van der Waals surface area contributed by atoms with E-state index in [2.05, 4.69) is 34.7 Å². The van der Waals surface area contributed by atoms with E-state index in [0.717, 1.165) is 40.7 Å². The molecule has 1 aliphatic rings. The number of aromatic nitrogens is 3. The minimum absolute atomic E-state index is 0.0976. The van der Waals surface area contributed by atoms with Gasteiger partial charge in [0.15, 0.2) is 0 Å². The molecule has 1 amide bonds. The van der Waals surface area contributed by atoms with Crippen molar-refractivity contribution in [3.63, 3.8) is 0 Å². The molecule has 2 unspecified atom stereocenters. The zero-order valence-corrected chi connectivity index (χ0v) is 19.4. The first-order chi connectivity index (χ1) is 16.4. The molecule has 7 heteroatoms. The van der Waals surface area contributed by atoms with Crippen molar-refractivity contribution in [1.29, 1.82) is 0 Å². The number of hydrogen-bond donors (Lipinski definition) is 2. The molecule has 0 spiro atoms. The monoisotopic (exact) mass is 456 g/mol. The van der Waals surface area contributed by atoms with E-state index in [4.69, 9.17) is 0 Å². The van der Waals surface area contributed by atoms with Gasteiger partial charge >= 0.3 is 0 Å². The first-order valence-electron chi connectivity index (χ1n) is 11.6. The SMILES string of the molecule is Cc1nn(C)cc1-c1ccc(Cn2cc(C(=O)NC3CCCC3O)c(=O)c3ccccc32)cc1. The number of aryl methyl sites for hydroxylation is 2. The summed E-state index contributed by atoms with van der Waals surface area (Å²) in [7, 11) is 1.91. The molecule has 34 heavy (non-hydrogen) atoms. The Morgan fingerprint density at radius 3 is 2.56 bits per heavy atom. The van der Waals surface area contributed by atoms with Gasteiger partial charge in [-0.2, -0.15) is 5.10 Å². The molecule has 2 atom stereocenters. The van der Waals surface area contributed by atoms with Crippen molar-refractivity contribution in [1.82, 2.24) is 19.7 Å². The van der Waals surface area contributed by atoms with Gasteiger partial charge in [-0.15, -0.1) is 0 Å². The van der Waals surface area contributed by atoms with E-state index in [1.807, 2.05) is 47.6 Å². The highest BCUT2D eigenvalue weighted by atomic mass is 16.3. The molecular weight excluding hydrogens is 428 g/mol. The number of carbonyl (C=O) groups excluding carboxylic acids is 1. The third-order valence-electron chi connectivity index (χ3n) is 6.66. The van der Waals surface area contributed by atoms with Gasteiger partial charge in [-0.25, -0.2) is 0 Å². The van der Waals surface area contributed by atoms with E-state index < -0.39 is 12.0 Å². The van der Waals surface area contributed by atoms with Crippen molar-refractivity contribution >= 4 is 16.8 Å². The molecule has 1 fully saturated rings. The topological polar surface area (TPSA) is 89.2 Å². The van der Waals surface area contributed by atoms with Gasteiger partial charge in [0.1, 0.15) is 5.56 Å². The van der Waals surface area contributed by atoms with Crippen molar-refractivity contribution in [2.45, 2.75) is 44.9 Å². The Morgan fingerprint density at radius 2 is 1.88 bits per heavy atom. The van der Waals surface area contributed by atoms with E-state index >= 15 is 0 Å². The maximum absolute atomic E-state index is 13.1. The molecule has 2 aromatic carbocycles. The minimum Gasteiger partial charge on any atom is -0.391 e. The molecule has 0 saturated heterocycles. The Bertz CT molecular complexity index is 1420. The van der Waals surface area contributed by atoms with Crippen molar-refractivity contribution in [3.8, 4) is 11.1 Å². The first-order valence-corrected chi connectivity index (χ1v) is 11.6. The highest BCUT2D eigenvalue weighted by molar-refractivity contribution is 5.97. The minimum atomic E-state index is -0.561. The highest BCUT2D eigenvalue weighted by Gasteiger charge is 2.28. The smallest absolute Gasteiger partial charge is 0.257 e. The summed E-state index contributed by atoms with van der Waals surface area (Å²) in [6.45, 7) is 2.51. The normalized spacial score (nSPS) is 17.9. The Kier molecular flexibility index (Phi) is 5.79. The van der Waals surface area contributed by atoms with E-state index in [1.165, 1.54) is 0 Å². The number of aliphatic hydroxyl groups excluding tert-OH is 1. The summed E-state index contributed by atoms with van der Waals surface area (Å²) in [5.74, 6) is -0.433. The first kappa shape index (κ1) is 22.1. The van der Waals surface area contributed by atoms with Crippen molar-refractivity contribution in [2.75, 3.05) is 0 Å². The van der Waals surface area contributed by atoms with Gasteiger partial charge in [-0.3, -0.25) is 14.3 Å².